The predicted molar refractivity (Wildman–Crippen MR) is 80.9 cm³/mol. The van der Waals surface area contributed by atoms with Crippen LogP contribution in [0.4, 0.5) is 0 Å². The van der Waals surface area contributed by atoms with Gasteiger partial charge in [-0.2, -0.15) is 11.8 Å². The predicted octanol–water partition coefficient (Wildman–Crippen LogP) is 2.36. The van der Waals surface area contributed by atoms with Gasteiger partial charge in [-0.1, -0.05) is 0 Å². The molecule has 1 atom stereocenters. The summed E-state index contributed by atoms with van der Waals surface area (Å²) < 4.78 is 11.0. The van der Waals surface area contributed by atoms with Gasteiger partial charge in [0, 0.05) is 18.6 Å². The van der Waals surface area contributed by atoms with Gasteiger partial charge in [-0.05, 0) is 43.3 Å². The number of hydrogen-bond donors (Lipinski definition) is 0. The maximum atomic E-state index is 12.6. The molecule has 0 N–H and O–H groups in total. The summed E-state index contributed by atoms with van der Waals surface area (Å²) in [5.74, 6) is 2.78. The monoisotopic (exact) mass is 308 g/mol. The Hall–Kier alpha value is -1.14. The number of nitrogens with zero attached hydrogens (tertiary/aromatic N) is 2. The van der Waals surface area contributed by atoms with Crippen LogP contribution in [0.3, 0.4) is 0 Å². The molecule has 1 aromatic heterocycles. The Morgan fingerprint density at radius 1 is 1.38 bits per heavy atom. The van der Waals surface area contributed by atoms with Gasteiger partial charge < -0.3 is 9.47 Å². The molecule has 2 aliphatic heterocycles. The van der Waals surface area contributed by atoms with Crippen molar-refractivity contribution < 1.29 is 14.3 Å². The fourth-order valence-corrected chi connectivity index (χ4v) is 4.35. The van der Waals surface area contributed by atoms with E-state index < -0.39 is 0 Å². The van der Waals surface area contributed by atoms with Crippen molar-refractivity contribution in [3.63, 3.8) is 0 Å². The quantitative estimate of drug-likeness (QED) is 0.799. The van der Waals surface area contributed by atoms with Gasteiger partial charge in [-0.25, -0.2) is 0 Å². The fraction of sp³-hybridized carbons (Fsp3) is 0.667. The molecule has 0 bridgehead atoms. The molecule has 114 valence electrons. The van der Waals surface area contributed by atoms with E-state index in [4.69, 9.17) is 9.47 Å². The molecule has 3 rings (SSSR count). The minimum absolute atomic E-state index is 0.00421. The van der Waals surface area contributed by atoms with E-state index in [-0.39, 0.29) is 17.3 Å². The molecule has 0 amide bonds. The van der Waals surface area contributed by atoms with Crippen LogP contribution in [-0.2, 0) is 4.74 Å². The van der Waals surface area contributed by atoms with Crippen molar-refractivity contribution in [3.05, 3.63) is 17.8 Å². The van der Waals surface area contributed by atoms with Crippen LogP contribution in [0.15, 0.2) is 12.1 Å². The lowest BCUT2D eigenvalue weighted by Gasteiger charge is -2.42. The topological polar surface area (TPSA) is 61.3 Å². The third kappa shape index (κ3) is 3.21. The molecule has 21 heavy (non-hydrogen) atoms. The highest BCUT2D eigenvalue weighted by atomic mass is 32.2. The summed E-state index contributed by atoms with van der Waals surface area (Å²) in [6.45, 7) is 0.671. The number of Topliss-reactive ketones (excluding diaryl/α,β-unsaturated/α-hetero) is 1. The molecule has 2 saturated heterocycles. The Labute approximate surface area is 128 Å². The first kappa shape index (κ1) is 14.8. The first-order valence-electron chi connectivity index (χ1n) is 7.36. The molecule has 0 saturated carbocycles. The van der Waals surface area contributed by atoms with Crippen molar-refractivity contribution in [1.82, 2.24) is 10.2 Å². The Morgan fingerprint density at radius 3 is 2.86 bits per heavy atom. The Morgan fingerprint density at radius 2 is 2.19 bits per heavy atom. The van der Waals surface area contributed by atoms with Crippen LogP contribution in [0.2, 0.25) is 0 Å². The van der Waals surface area contributed by atoms with Gasteiger partial charge in [0.25, 0.3) is 0 Å². The first-order chi connectivity index (χ1) is 10.2. The number of ketones is 1. The van der Waals surface area contributed by atoms with Crippen molar-refractivity contribution >= 4 is 17.5 Å². The molecular formula is C15H20N2O3S. The molecule has 1 aromatic rings. The first-order valence-corrected chi connectivity index (χ1v) is 8.52. The summed E-state index contributed by atoms with van der Waals surface area (Å²) in [7, 11) is 1.54. The average molecular weight is 308 g/mol. The average Bonchev–Trinajstić information content (AvgIpc) is 2.55. The summed E-state index contributed by atoms with van der Waals surface area (Å²) in [6.07, 6.45) is 3.70. The molecule has 2 aliphatic rings. The lowest BCUT2D eigenvalue weighted by molar-refractivity contribution is -0.0960. The number of thioether (sulfide) groups is 1. The second-order valence-electron chi connectivity index (χ2n) is 5.66. The largest absolute Gasteiger partial charge is 0.480 e. The van der Waals surface area contributed by atoms with E-state index in [0.717, 1.165) is 37.2 Å². The summed E-state index contributed by atoms with van der Waals surface area (Å²) in [4.78, 5) is 12.6. The van der Waals surface area contributed by atoms with Crippen molar-refractivity contribution in [3.8, 4) is 5.88 Å². The third-order valence-electron chi connectivity index (χ3n) is 4.37. The van der Waals surface area contributed by atoms with Crippen LogP contribution in [0.25, 0.3) is 0 Å². The second-order valence-corrected chi connectivity index (χ2v) is 6.88. The van der Waals surface area contributed by atoms with Gasteiger partial charge in [-0.15, -0.1) is 10.2 Å². The minimum atomic E-state index is -0.0796. The zero-order valence-electron chi connectivity index (χ0n) is 12.2. The molecule has 6 heteroatoms. The van der Waals surface area contributed by atoms with E-state index in [1.54, 1.807) is 12.1 Å². The third-order valence-corrected chi connectivity index (χ3v) is 5.36. The molecule has 5 nitrogen and oxygen atoms in total. The van der Waals surface area contributed by atoms with Crippen molar-refractivity contribution in [2.75, 3.05) is 25.2 Å². The molecule has 1 spiro atoms. The normalized spacial score (nSPS) is 24.7. The van der Waals surface area contributed by atoms with E-state index in [9.17, 15) is 4.79 Å². The van der Waals surface area contributed by atoms with E-state index in [1.165, 1.54) is 7.11 Å². The number of ether oxygens (including phenoxy) is 2. The van der Waals surface area contributed by atoms with Gasteiger partial charge in [0.05, 0.1) is 12.7 Å². The molecule has 0 aliphatic carbocycles. The van der Waals surface area contributed by atoms with Crippen LogP contribution in [0.5, 0.6) is 5.88 Å². The summed E-state index contributed by atoms with van der Waals surface area (Å²) in [5, 5.41) is 7.88. The van der Waals surface area contributed by atoms with Crippen molar-refractivity contribution in [1.29, 1.82) is 0 Å². The lowest BCUT2D eigenvalue weighted by Crippen LogP contribution is -2.44. The van der Waals surface area contributed by atoms with Crippen LogP contribution in [-0.4, -0.2) is 46.8 Å². The summed E-state index contributed by atoms with van der Waals surface area (Å²) in [5.41, 5.74) is 0.354. The lowest BCUT2D eigenvalue weighted by atomic mass is 9.79. The maximum absolute atomic E-state index is 12.6. The number of hydrogen-bond acceptors (Lipinski definition) is 6. The van der Waals surface area contributed by atoms with E-state index in [1.807, 2.05) is 11.8 Å². The number of carbonyl (C=O) groups excluding carboxylic acids is 1. The van der Waals surface area contributed by atoms with Gasteiger partial charge in [0.2, 0.25) is 5.88 Å². The molecule has 1 unspecified atom stereocenters. The standard InChI is InChI=1S/C15H20N2O3S/c1-19-13-3-2-12(16-17-13)14(18)11-4-7-20-15(10-11)5-8-21-9-6-15/h2-3,11H,4-10H2,1H3. The van der Waals surface area contributed by atoms with Crippen molar-refractivity contribution in [2.45, 2.75) is 31.3 Å². The van der Waals surface area contributed by atoms with E-state index in [2.05, 4.69) is 10.2 Å². The number of carbonyl (C=O) groups is 1. The Kier molecular flexibility index (Phi) is 4.45. The second kappa shape index (κ2) is 6.32. The molecule has 3 heterocycles. The zero-order chi connectivity index (χ0) is 14.7. The smallest absolute Gasteiger partial charge is 0.233 e. The Balaban J connectivity index is 1.71. The maximum Gasteiger partial charge on any atom is 0.233 e. The highest BCUT2D eigenvalue weighted by Gasteiger charge is 2.41. The van der Waals surface area contributed by atoms with Crippen molar-refractivity contribution in [2.24, 2.45) is 5.92 Å². The van der Waals surface area contributed by atoms with Gasteiger partial charge >= 0.3 is 0 Å². The minimum Gasteiger partial charge on any atom is -0.480 e. The summed E-state index contributed by atoms with van der Waals surface area (Å²) >= 11 is 1.97. The van der Waals surface area contributed by atoms with Crippen LogP contribution < -0.4 is 4.74 Å². The van der Waals surface area contributed by atoms with E-state index in [0.29, 0.717) is 18.2 Å². The molecule has 0 radical (unpaired) electrons. The molecule has 2 fully saturated rings. The Bertz CT molecular complexity index is 495. The SMILES string of the molecule is COc1ccc(C(=O)C2CCOC3(CCSCC3)C2)nn1. The fourth-order valence-electron chi connectivity index (χ4n) is 3.11. The van der Waals surface area contributed by atoms with Crippen LogP contribution in [0, 0.1) is 5.92 Å². The number of methoxy groups -OCH3 is 1. The van der Waals surface area contributed by atoms with E-state index >= 15 is 0 Å². The highest BCUT2D eigenvalue weighted by Crippen LogP contribution is 2.40. The van der Waals surface area contributed by atoms with Gasteiger partial charge in [0.1, 0.15) is 5.69 Å². The highest BCUT2D eigenvalue weighted by molar-refractivity contribution is 7.99. The zero-order valence-corrected chi connectivity index (χ0v) is 13.0. The number of rotatable bonds is 3. The van der Waals surface area contributed by atoms with Crippen LogP contribution >= 0.6 is 11.8 Å². The number of aromatic nitrogens is 2. The van der Waals surface area contributed by atoms with Crippen LogP contribution in [0.1, 0.15) is 36.2 Å². The summed E-state index contributed by atoms with van der Waals surface area (Å²) in [6, 6.07) is 3.39. The molecule has 0 aromatic carbocycles. The molecular weight excluding hydrogens is 288 g/mol. The van der Waals surface area contributed by atoms with Gasteiger partial charge in [0.15, 0.2) is 5.78 Å². The van der Waals surface area contributed by atoms with Gasteiger partial charge in [-0.3, -0.25) is 4.79 Å².